The molecule has 16 heavy (non-hydrogen) atoms. The molecule has 1 N–H and O–H groups in total. The Kier molecular flexibility index (Phi) is 2.30. The van der Waals surface area contributed by atoms with E-state index in [9.17, 15) is 4.79 Å². The first kappa shape index (κ1) is 10.3. The highest BCUT2D eigenvalue weighted by molar-refractivity contribution is 5.80. The molecular formula is C12H16O4. The standard InChI is InChI=1S/C12H16O4/c13-11(14)5-8-3-9-6-12(7-10(9)4-8)15-1-2-16-12/h5,9-10H,1-4,6-7H2,(H,13,14)/b8-5-/t9-,10+/m0/s1. The van der Waals surface area contributed by atoms with Gasteiger partial charge in [0.25, 0.3) is 0 Å². The molecule has 0 aromatic carbocycles. The highest BCUT2D eigenvalue weighted by Crippen LogP contribution is 2.53. The zero-order chi connectivity index (χ0) is 11.2. The molecule has 1 saturated heterocycles. The Labute approximate surface area is 94.2 Å². The molecule has 3 aliphatic rings. The summed E-state index contributed by atoms with van der Waals surface area (Å²) in [4.78, 5) is 10.6. The molecule has 4 nitrogen and oxygen atoms in total. The van der Waals surface area contributed by atoms with Gasteiger partial charge in [0.05, 0.1) is 13.2 Å². The number of fused-ring (bicyclic) bond motifs is 1. The van der Waals surface area contributed by atoms with Crippen molar-refractivity contribution in [3.63, 3.8) is 0 Å². The molecule has 3 fully saturated rings. The van der Waals surface area contributed by atoms with Crippen LogP contribution in [0.3, 0.4) is 0 Å². The number of ether oxygens (including phenoxy) is 2. The summed E-state index contributed by atoms with van der Waals surface area (Å²) in [7, 11) is 0. The Morgan fingerprint density at radius 1 is 1.25 bits per heavy atom. The third-order valence-electron chi connectivity index (χ3n) is 4.00. The Balaban J connectivity index is 1.69. The summed E-state index contributed by atoms with van der Waals surface area (Å²) < 4.78 is 11.4. The number of carbonyl (C=O) groups is 1. The average molecular weight is 224 g/mol. The molecule has 0 amide bonds. The molecule has 1 aliphatic heterocycles. The molecule has 1 heterocycles. The lowest BCUT2D eigenvalue weighted by atomic mass is 10.0. The molecule has 1 spiro atoms. The summed E-state index contributed by atoms with van der Waals surface area (Å²) in [6.45, 7) is 1.41. The van der Waals surface area contributed by atoms with Crippen LogP contribution in [0.2, 0.25) is 0 Å². The predicted molar refractivity (Wildman–Crippen MR) is 55.8 cm³/mol. The fourth-order valence-electron chi connectivity index (χ4n) is 3.48. The molecule has 4 heteroatoms. The van der Waals surface area contributed by atoms with E-state index in [-0.39, 0.29) is 5.79 Å². The van der Waals surface area contributed by atoms with E-state index < -0.39 is 5.97 Å². The molecule has 0 bridgehead atoms. The first-order chi connectivity index (χ1) is 7.67. The second kappa shape index (κ2) is 3.57. The first-order valence-corrected chi connectivity index (χ1v) is 5.87. The largest absolute Gasteiger partial charge is 0.478 e. The van der Waals surface area contributed by atoms with Crippen molar-refractivity contribution in [1.82, 2.24) is 0 Å². The van der Waals surface area contributed by atoms with E-state index in [0.717, 1.165) is 31.3 Å². The Bertz CT molecular complexity index is 323. The van der Waals surface area contributed by atoms with Gasteiger partial charge in [-0.05, 0) is 24.7 Å². The van der Waals surface area contributed by atoms with Crippen molar-refractivity contribution in [3.05, 3.63) is 11.6 Å². The van der Waals surface area contributed by atoms with E-state index in [0.29, 0.717) is 25.0 Å². The maximum absolute atomic E-state index is 10.6. The molecule has 3 rings (SSSR count). The van der Waals surface area contributed by atoms with Gasteiger partial charge in [0.15, 0.2) is 5.79 Å². The lowest BCUT2D eigenvalue weighted by molar-refractivity contribution is -0.154. The van der Waals surface area contributed by atoms with Gasteiger partial charge in [-0.1, -0.05) is 5.57 Å². The van der Waals surface area contributed by atoms with Crippen LogP contribution in [-0.4, -0.2) is 30.1 Å². The van der Waals surface area contributed by atoms with Crippen molar-refractivity contribution < 1.29 is 19.4 Å². The molecule has 0 aromatic rings. The van der Waals surface area contributed by atoms with E-state index >= 15 is 0 Å². The summed E-state index contributed by atoms with van der Waals surface area (Å²) in [5, 5.41) is 8.72. The van der Waals surface area contributed by atoms with E-state index in [1.54, 1.807) is 0 Å². The van der Waals surface area contributed by atoms with Crippen LogP contribution >= 0.6 is 0 Å². The molecule has 0 unspecified atom stereocenters. The minimum Gasteiger partial charge on any atom is -0.478 e. The SMILES string of the molecule is O=C(O)/C=C1\C[C@@H]2CC3(C[C@@H]2C1)OCCO3. The van der Waals surface area contributed by atoms with E-state index in [1.165, 1.54) is 6.08 Å². The van der Waals surface area contributed by atoms with Crippen molar-refractivity contribution >= 4 is 5.97 Å². The minimum absolute atomic E-state index is 0.315. The van der Waals surface area contributed by atoms with Crippen LogP contribution in [0.4, 0.5) is 0 Å². The number of allylic oxidation sites excluding steroid dienone is 1. The van der Waals surface area contributed by atoms with Crippen LogP contribution in [0.25, 0.3) is 0 Å². The van der Waals surface area contributed by atoms with Crippen LogP contribution in [0.5, 0.6) is 0 Å². The molecule has 2 saturated carbocycles. The number of carboxylic acids is 1. The van der Waals surface area contributed by atoms with Crippen molar-refractivity contribution in [2.24, 2.45) is 11.8 Å². The summed E-state index contributed by atoms with van der Waals surface area (Å²) >= 11 is 0. The van der Waals surface area contributed by atoms with Gasteiger partial charge in [-0.2, -0.15) is 0 Å². The van der Waals surface area contributed by atoms with E-state index in [4.69, 9.17) is 14.6 Å². The van der Waals surface area contributed by atoms with E-state index in [1.807, 2.05) is 0 Å². The lowest BCUT2D eigenvalue weighted by Gasteiger charge is -2.22. The van der Waals surface area contributed by atoms with Crippen molar-refractivity contribution in [1.29, 1.82) is 0 Å². The van der Waals surface area contributed by atoms with Gasteiger partial charge in [0.2, 0.25) is 0 Å². The molecule has 0 radical (unpaired) electrons. The van der Waals surface area contributed by atoms with Crippen molar-refractivity contribution in [2.45, 2.75) is 31.5 Å². The highest BCUT2D eigenvalue weighted by Gasteiger charge is 2.51. The molecule has 0 aromatic heterocycles. The van der Waals surface area contributed by atoms with Gasteiger partial charge < -0.3 is 14.6 Å². The van der Waals surface area contributed by atoms with Crippen LogP contribution in [0.1, 0.15) is 25.7 Å². The normalized spacial score (nSPS) is 38.4. The van der Waals surface area contributed by atoms with Gasteiger partial charge in [0, 0.05) is 18.9 Å². The number of hydrogen-bond donors (Lipinski definition) is 1. The van der Waals surface area contributed by atoms with Crippen molar-refractivity contribution in [2.75, 3.05) is 13.2 Å². The average Bonchev–Trinajstić information content (AvgIpc) is 2.81. The van der Waals surface area contributed by atoms with Crippen molar-refractivity contribution in [3.8, 4) is 0 Å². The van der Waals surface area contributed by atoms with Gasteiger partial charge in [-0.25, -0.2) is 4.79 Å². The Morgan fingerprint density at radius 2 is 1.81 bits per heavy atom. The second-order valence-electron chi connectivity index (χ2n) is 5.09. The van der Waals surface area contributed by atoms with Crippen LogP contribution in [0, 0.1) is 11.8 Å². The van der Waals surface area contributed by atoms with Crippen LogP contribution in [-0.2, 0) is 14.3 Å². The Hall–Kier alpha value is -0.870. The third kappa shape index (κ3) is 1.66. The molecule has 2 aliphatic carbocycles. The maximum Gasteiger partial charge on any atom is 0.328 e. The Morgan fingerprint density at radius 3 is 2.31 bits per heavy atom. The number of hydrogen-bond acceptors (Lipinski definition) is 3. The van der Waals surface area contributed by atoms with Gasteiger partial charge in [0.1, 0.15) is 0 Å². The van der Waals surface area contributed by atoms with Gasteiger partial charge >= 0.3 is 5.97 Å². The summed E-state index contributed by atoms with van der Waals surface area (Å²) in [6, 6.07) is 0. The lowest BCUT2D eigenvalue weighted by Crippen LogP contribution is -2.26. The summed E-state index contributed by atoms with van der Waals surface area (Å²) in [5.74, 6) is -0.0187. The highest BCUT2D eigenvalue weighted by atomic mass is 16.7. The van der Waals surface area contributed by atoms with Gasteiger partial charge in [-0.3, -0.25) is 0 Å². The zero-order valence-corrected chi connectivity index (χ0v) is 9.15. The first-order valence-electron chi connectivity index (χ1n) is 5.87. The van der Waals surface area contributed by atoms with Gasteiger partial charge in [-0.15, -0.1) is 0 Å². The monoisotopic (exact) mass is 224 g/mol. The molecular weight excluding hydrogens is 208 g/mol. The molecule has 88 valence electrons. The minimum atomic E-state index is -0.821. The predicted octanol–water partition coefficient (Wildman–Crippen LogP) is 1.56. The van der Waals surface area contributed by atoms with E-state index in [2.05, 4.69) is 0 Å². The number of carboxylic acid groups (broad SMARTS) is 1. The number of rotatable bonds is 1. The maximum atomic E-state index is 10.6. The smallest absolute Gasteiger partial charge is 0.328 e. The summed E-state index contributed by atoms with van der Waals surface area (Å²) in [5.41, 5.74) is 1.08. The quantitative estimate of drug-likeness (QED) is 0.687. The summed E-state index contributed by atoms with van der Waals surface area (Å²) in [6.07, 6.45) is 5.07. The zero-order valence-electron chi connectivity index (χ0n) is 9.15. The van der Waals surface area contributed by atoms with Crippen LogP contribution in [0.15, 0.2) is 11.6 Å². The van der Waals surface area contributed by atoms with Crippen LogP contribution < -0.4 is 0 Å². The fourth-order valence-corrected chi connectivity index (χ4v) is 3.48. The third-order valence-corrected chi connectivity index (χ3v) is 4.00. The second-order valence-corrected chi connectivity index (χ2v) is 5.09. The fraction of sp³-hybridized carbons (Fsp3) is 0.750. The molecule has 2 atom stereocenters. The number of aliphatic carboxylic acids is 1. The topological polar surface area (TPSA) is 55.8 Å².